The zero-order valence-electron chi connectivity index (χ0n) is 11.8. The van der Waals surface area contributed by atoms with Gasteiger partial charge in [-0.1, -0.05) is 13.0 Å². The van der Waals surface area contributed by atoms with Gasteiger partial charge in [0, 0.05) is 30.4 Å². The fraction of sp³-hybridized carbons (Fsp3) is 0.375. The van der Waals surface area contributed by atoms with Crippen molar-refractivity contribution in [3.63, 3.8) is 0 Å². The molecule has 1 aliphatic heterocycles. The van der Waals surface area contributed by atoms with E-state index in [9.17, 15) is 4.79 Å². The molecule has 4 nitrogen and oxygen atoms in total. The van der Waals surface area contributed by atoms with E-state index in [0.717, 1.165) is 25.0 Å². The van der Waals surface area contributed by atoms with E-state index in [4.69, 9.17) is 0 Å². The second kappa shape index (κ2) is 5.12. The third kappa shape index (κ3) is 2.11. The van der Waals surface area contributed by atoms with Gasteiger partial charge >= 0.3 is 0 Å². The normalized spacial score (nSPS) is 22.2. The highest BCUT2D eigenvalue weighted by Crippen LogP contribution is 2.31. The lowest BCUT2D eigenvalue weighted by molar-refractivity contribution is -0.110. The number of nitrogens with one attached hydrogen (secondary N) is 1. The van der Waals surface area contributed by atoms with Crippen LogP contribution in [0.1, 0.15) is 12.5 Å². The van der Waals surface area contributed by atoms with Crippen molar-refractivity contribution in [3.8, 4) is 0 Å². The minimum atomic E-state index is 0.223. The predicted molar refractivity (Wildman–Crippen MR) is 80.8 cm³/mol. The van der Waals surface area contributed by atoms with E-state index < -0.39 is 0 Å². The van der Waals surface area contributed by atoms with Crippen LogP contribution in [0.5, 0.6) is 0 Å². The van der Waals surface area contributed by atoms with Crippen molar-refractivity contribution in [2.75, 3.05) is 18.0 Å². The summed E-state index contributed by atoms with van der Waals surface area (Å²) in [5, 5.41) is 4.10. The quantitative estimate of drug-likeness (QED) is 0.868. The van der Waals surface area contributed by atoms with E-state index in [1.807, 2.05) is 12.3 Å². The summed E-state index contributed by atoms with van der Waals surface area (Å²) in [5.74, 6) is 0.452. The minimum absolute atomic E-state index is 0.223. The Morgan fingerprint density at radius 2 is 2.20 bits per heavy atom. The smallest absolute Gasteiger partial charge is 0.207 e. The second-order valence-corrected chi connectivity index (χ2v) is 5.57. The molecule has 2 heterocycles. The van der Waals surface area contributed by atoms with Crippen molar-refractivity contribution in [2.45, 2.75) is 19.9 Å². The highest BCUT2D eigenvalue weighted by Gasteiger charge is 2.30. The van der Waals surface area contributed by atoms with Crippen LogP contribution in [0.25, 0.3) is 10.9 Å². The molecule has 0 aliphatic carbocycles. The molecule has 3 rings (SSSR count). The van der Waals surface area contributed by atoms with Gasteiger partial charge < -0.3 is 10.2 Å². The molecule has 4 heteroatoms. The van der Waals surface area contributed by atoms with Gasteiger partial charge in [0.1, 0.15) is 0 Å². The number of nitrogens with zero attached hydrogens (tertiary/aromatic N) is 2. The van der Waals surface area contributed by atoms with Gasteiger partial charge in [0.05, 0.1) is 11.6 Å². The molecule has 0 saturated carbocycles. The number of benzene rings is 1. The standard InChI is InChI=1S/C16H19N3O/c1-11-5-6-15(13-4-3-7-17-16(11)13)19-8-12(2)14(9-19)18-10-20/h3-7,10,12,14H,8-9H2,1-2H3,(H,18,20). The molecule has 1 fully saturated rings. The maximum atomic E-state index is 10.7. The van der Waals surface area contributed by atoms with E-state index in [2.05, 4.69) is 47.2 Å². The summed E-state index contributed by atoms with van der Waals surface area (Å²) in [6, 6.07) is 8.60. The van der Waals surface area contributed by atoms with Crippen LogP contribution in [0.2, 0.25) is 0 Å². The third-order valence-electron chi connectivity index (χ3n) is 4.18. The Balaban J connectivity index is 1.99. The van der Waals surface area contributed by atoms with Gasteiger partial charge in [0.15, 0.2) is 0 Å². The summed E-state index contributed by atoms with van der Waals surface area (Å²) in [4.78, 5) is 17.5. The molecule has 1 aliphatic rings. The summed E-state index contributed by atoms with van der Waals surface area (Å²) in [7, 11) is 0. The molecule has 20 heavy (non-hydrogen) atoms. The predicted octanol–water partition coefficient (Wildman–Crippen LogP) is 2.11. The number of hydrogen-bond donors (Lipinski definition) is 1. The summed E-state index contributed by atoms with van der Waals surface area (Å²) >= 11 is 0. The SMILES string of the molecule is Cc1ccc(N2CC(C)C(NC=O)C2)c2cccnc12. The first-order chi connectivity index (χ1) is 9.70. The molecular formula is C16H19N3O. The number of hydrogen-bond acceptors (Lipinski definition) is 3. The van der Waals surface area contributed by atoms with Crippen LogP contribution in [0.15, 0.2) is 30.5 Å². The summed E-state index contributed by atoms with van der Waals surface area (Å²) in [6.45, 7) is 6.07. The first-order valence-electron chi connectivity index (χ1n) is 6.99. The van der Waals surface area contributed by atoms with Crippen molar-refractivity contribution in [1.82, 2.24) is 10.3 Å². The summed E-state index contributed by atoms with van der Waals surface area (Å²) in [5.41, 5.74) is 3.46. The number of amides is 1. The van der Waals surface area contributed by atoms with Gasteiger partial charge in [0.25, 0.3) is 0 Å². The van der Waals surface area contributed by atoms with Crippen molar-refractivity contribution in [1.29, 1.82) is 0 Å². The number of carbonyl (C=O) groups excluding carboxylic acids is 1. The van der Waals surface area contributed by atoms with Crippen molar-refractivity contribution < 1.29 is 4.79 Å². The summed E-state index contributed by atoms with van der Waals surface area (Å²) < 4.78 is 0. The van der Waals surface area contributed by atoms with E-state index in [0.29, 0.717) is 5.92 Å². The van der Waals surface area contributed by atoms with Crippen LogP contribution < -0.4 is 10.2 Å². The molecular weight excluding hydrogens is 250 g/mol. The van der Waals surface area contributed by atoms with Gasteiger partial charge in [-0.3, -0.25) is 9.78 Å². The number of aromatic nitrogens is 1. The Morgan fingerprint density at radius 1 is 1.35 bits per heavy atom. The zero-order chi connectivity index (χ0) is 14.1. The third-order valence-corrected chi connectivity index (χ3v) is 4.18. The van der Waals surface area contributed by atoms with Crippen LogP contribution in [0.3, 0.4) is 0 Å². The largest absolute Gasteiger partial charge is 0.369 e. The van der Waals surface area contributed by atoms with Crippen molar-refractivity contribution in [2.24, 2.45) is 5.92 Å². The number of carbonyl (C=O) groups is 1. The van der Waals surface area contributed by atoms with Crippen molar-refractivity contribution >= 4 is 23.0 Å². The number of pyridine rings is 1. The van der Waals surface area contributed by atoms with E-state index in [-0.39, 0.29) is 6.04 Å². The van der Waals surface area contributed by atoms with Gasteiger partial charge in [-0.2, -0.15) is 0 Å². The number of aryl methyl sites for hydroxylation is 1. The Bertz CT molecular complexity index is 641. The highest BCUT2D eigenvalue weighted by molar-refractivity contribution is 5.93. The summed E-state index contributed by atoms with van der Waals surface area (Å²) in [6.07, 6.45) is 2.64. The molecule has 1 saturated heterocycles. The molecule has 2 aromatic rings. The Kier molecular flexibility index (Phi) is 3.30. The van der Waals surface area contributed by atoms with Crippen molar-refractivity contribution in [3.05, 3.63) is 36.0 Å². The van der Waals surface area contributed by atoms with Gasteiger partial charge in [0.2, 0.25) is 6.41 Å². The van der Waals surface area contributed by atoms with Crippen LogP contribution in [0.4, 0.5) is 5.69 Å². The first-order valence-corrected chi connectivity index (χ1v) is 6.99. The maximum Gasteiger partial charge on any atom is 0.207 e. The Hall–Kier alpha value is -2.10. The Labute approximate surface area is 118 Å². The lowest BCUT2D eigenvalue weighted by Gasteiger charge is -2.21. The first kappa shape index (κ1) is 12.9. The molecule has 1 N–H and O–H groups in total. The molecule has 1 amide bonds. The van der Waals surface area contributed by atoms with Gasteiger partial charge in [-0.15, -0.1) is 0 Å². The van der Waals surface area contributed by atoms with Gasteiger partial charge in [-0.25, -0.2) is 0 Å². The van der Waals surface area contributed by atoms with E-state index in [1.165, 1.54) is 16.6 Å². The monoisotopic (exact) mass is 269 g/mol. The average Bonchev–Trinajstić information content (AvgIpc) is 2.81. The van der Waals surface area contributed by atoms with Gasteiger partial charge in [-0.05, 0) is 36.6 Å². The molecule has 104 valence electrons. The molecule has 2 atom stereocenters. The lowest BCUT2D eigenvalue weighted by Crippen LogP contribution is -2.34. The zero-order valence-corrected chi connectivity index (χ0v) is 11.8. The van der Waals surface area contributed by atoms with Crippen LogP contribution in [-0.4, -0.2) is 30.5 Å². The molecule has 0 spiro atoms. The number of rotatable bonds is 3. The van der Waals surface area contributed by atoms with E-state index in [1.54, 1.807) is 0 Å². The highest BCUT2D eigenvalue weighted by atomic mass is 16.1. The molecule has 0 bridgehead atoms. The van der Waals surface area contributed by atoms with Crippen LogP contribution in [-0.2, 0) is 4.79 Å². The lowest BCUT2D eigenvalue weighted by atomic mass is 10.1. The fourth-order valence-electron chi connectivity index (χ4n) is 3.04. The number of anilines is 1. The molecule has 1 aromatic carbocycles. The minimum Gasteiger partial charge on any atom is -0.369 e. The van der Waals surface area contributed by atoms with Crippen LogP contribution >= 0.6 is 0 Å². The maximum absolute atomic E-state index is 10.7. The van der Waals surface area contributed by atoms with Crippen LogP contribution in [0, 0.1) is 12.8 Å². The Morgan fingerprint density at radius 3 is 3.00 bits per heavy atom. The fourth-order valence-corrected chi connectivity index (χ4v) is 3.04. The molecule has 2 unspecified atom stereocenters. The number of fused-ring (bicyclic) bond motifs is 1. The molecule has 0 radical (unpaired) electrons. The molecule has 1 aromatic heterocycles. The topological polar surface area (TPSA) is 45.2 Å². The second-order valence-electron chi connectivity index (χ2n) is 5.57. The van der Waals surface area contributed by atoms with E-state index >= 15 is 0 Å². The average molecular weight is 269 g/mol.